The van der Waals surface area contributed by atoms with E-state index >= 15 is 8.78 Å². The lowest BCUT2D eigenvalue weighted by Gasteiger charge is -2.20. The minimum Gasteiger partial charge on any atom is -0.308 e. The maximum absolute atomic E-state index is 16.0. The molecule has 7 heteroatoms. The predicted octanol–water partition coefficient (Wildman–Crippen LogP) is 15.8. The molecule has 0 aliphatic heterocycles. The zero-order valence-corrected chi connectivity index (χ0v) is 35.2. The molecule has 8 aromatic carbocycles. The monoisotopic (exact) mass is 851 g/mol. The third-order valence-electron chi connectivity index (χ3n) is 12.6. The Labute approximate surface area is 378 Å². The van der Waals surface area contributed by atoms with Gasteiger partial charge in [0.25, 0.3) is 0 Å². The summed E-state index contributed by atoms with van der Waals surface area (Å²) in [5.74, 6) is -1.49. The predicted molar refractivity (Wildman–Crippen MR) is 264 cm³/mol. The number of nitrogens with zero attached hydrogens (tertiary/aromatic N) is 5. The number of para-hydroxylation sites is 2. The number of aromatic nitrogens is 4. The first-order valence-corrected chi connectivity index (χ1v) is 21.6. The van der Waals surface area contributed by atoms with E-state index < -0.39 is 11.6 Å². The number of pyridine rings is 2. The molecule has 0 aliphatic rings. The van der Waals surface area contributed by atoms with Crippen LogP contribution in [0.1, 0.15) is 0 Å². The highest BCUT2D eigenvalue weighted by molar-refractivity contribution is 6.13. The summed E-state index contributed by atoms with van der Waals surface area (Å²) in [6.45, 7) is 8.52. The van der Waals surface area contributed by atoms with Crippen molar-refractivity contribution in [3.8, 4) is 67.3 Å². The molecule has 0 saturated heterocycles. The SMILES string of the molecule is [C-]#[N+]c1cc(-n2c3ccccc3c3ccc(-c4ccnc(-c5ccccc5)c4)cc32)c(-n2c3ccccc3c3ccc(-c4ccnc(-c5ccccc5)c4)cc32)cc1-c1c(F)cccc1F. The summed E-state index contributed by atoms with van der Waals surface area (Å²) in [4.78, 5) is 13.4. The number of fused-ring (bicyclic) bond motifs is 6. The van der Waals surface area contributed by atoms with E-state index in [-0.39, 0.29) is 16.8 Å². The van der Waals surface area contributed by atoms with Gasteiger partial charge in [-0.15, -0.1) is 0 Å². The highest BCUT2D eigenvalue weighted by atomic mass is 19.1. The molecule has 0 fully saturated rings. The number of rotatable bonds is 7. The van der Waals surface area contributed by atoms with E-state index in [0.29, 0.717) is 11.4 Å². The summed E-state index contributed by atoms with van der Waals surface area (Å²) in [5.41, 5.74) is 12.6. The summed E-state index contributed by atoms with van der Waals surface area (Å²) in [6, 6.07) is 65.2. The van der Waals surface area contributed by atoms with Gasteiger partial charge < -0.3 is 9.13 Å². The normalized spacial score (nSPS) is 11.5. The van der Waals surface area contributed by atoms with Gasteiger partial charge in [0.2, 0.25) is 0 Å². The Kier molecular flexibility index (Phi) is 9.18. The van der Waals surface area contributed by atoms with E-state index in [0.717, 1.165) is 88.4 Å². The quantitative estimate of drug-likeness (QED) is 0.150. The average molecular weight is 852 g/mol. The fourth-order valence-corrected chi connectivity index (χ4v) is 9.54. The molecular formula is C59H35F2N5. The lowest BCUT2D eigenvalue weighted by molar-refractivity contribution is 0.590. The lowest BCUT2D eigenvalue weighted by Crippen LogP contribution is -2.05. The second-order valence-electron chi connectivity index (χ2n) is 16.3. The molecule has 0 N–H and O–H groups in total. The van der Waals surface area contributed by atoms with Gasteiger partial charge in [0.15, 0.2) is 5.69 Å². The molecule has 0 aliphatic carbocycles. The number of hydrogen-bond acceptors (Lipinski definition) is 2. The first kappa shape index (κ1) is 38.7. The Morgan fingerprint density at radius 2 is 0.818 bits per heavy atom. The van der Waals surface area contributed by atoms with E-state index in [1.54, 1.807) is 12.1 Å². The van der Waals surface area contributed by atoms with E-state index in [1.807, 2.05) is 97.3 Å². The van der Waals surface area contributed by atoms with Gasteiger partial charge in [-0.1, -0.05) is 127 Å². The molecule has 310 valence electrons. The molecule has 0 amide bonds. The van der Waals surface area contributed by atoms with Crippen molar-refractivity contribution in [2.24, 2.45) is 0 Å². The van der Waals surface area contributed by atoms with Gasteiger partial charge in [-0.05, 0) is 101 Å². The van der Waals surface area contributed by atoms with Gasteiger partial charge in [0.05, 0.1) is 51.4 Å². The van der Waals surface area contributed by atoms with Crippen LogP contribution >= 0.6 is 0 Å². The van der Waals surface area contributed by atoms with Crippen LogP contribution in [-0.2, 0) is 0 Å². The lowest BCUT2D eigenvalue weighted by atomic mass is 9.99. The molecular weight excluding hydrogens is 817 g/mol. The molecule has 0 spiro atoms. The van der Waals surface area contributed by atoms with Gasteiger partial charge in [-0.2, -0.15) is 0 Å². The molecule has 0 saturated carbocycles. The molecule has 0 atom stereocenters. The molecule has 5 nitrogen and oxygen atoms in total. The third-order valence-corrected chi connectivity index (χ3v) is 12.6. The topological polar surface area (TPSA) is 40.0 Å². The second kappa shape index (κ2) is 15.7. The Hall–Kier alpha value is -8.99. The van der Waals surface area contributed by atoms with Gasteiger partial charge in [-0.25, -0.2) is 13.6 Å². The molecule has 4 aromatic heterocycles. The van der Waals surface area contributed by atoms with E-state index in [2.05, 4.69) is 98.9 Å². The van der Waals surface area contributed by atoms with Crippen LogP contribution in [0.15, 0.2) is 213 Å². The van der Waals surface area contributed by atoms with Crippen LogP contribution in [0.5, 0.6) is 0 Å². The van der Waals surface area contributed by atoms with Crippen LogP contribution in [0.25, 0.3) is 116 Å². The molecule has 12 rings (SSSR count). The summed E-state index contributed by atoms with van der Waals surface area (Å²) >= 11 is 0. The molecule has 0 bridgehead atoms. The van der Waals surface area contributed by atoms with Gasteiger partial charge in [-0.3, -0.25) is 9.97 Å². The minimum absolute atomic E-state index is 0.119. The number of halogens is 2. The van der Waals surface area contributed by atoms with Crippen LogP contribution in [-0.4, -0.2) is 19.1 Å². The molecule has 0 radical (unpaired) electrons. The molecule has 4 heterocycles. The van der Waals surface area contributed by atoms with Gasteiger partial charge >= 0.3 is 0 Å². The van der Waals surface area contributed by atoms with E-state index in [1.165, 1.54) is 18.2 Å². The van der Waals surface area contributed by atoms with E-state index in [4.69, 9.17) is 16.5 Å². The molecule has 66 heavy (non-hydrogen) atoms. The number of benzene rings is 8. The summed E-state index contributed by atoms with van der Waals surface area (Å²) < 4.78 is 36.4. The minimum atomic E-state index is -0.747. The maximum atomic E-state index is 16.0. The van der Waals surface area contributed by atoms with Crippen molar-refractivity contribution < 1.29 is 8.78 Å². The average Bonchev–Trinajstić information content (AvgIpc) is 3.88. The third kappa shape index (κ3) is 6.35. The highest BCUT2D eigenvalue weighted by Crippen LogP contribution is 2.45. The van der Waals surface area contributed by atoms with Crippen LogP contribution in [0.3, 0.4) is 0 Å². The van der Waals surface area contributed by atoms with Gasteiger partial charge in [0, 0.05) is 50.6 Å². The van der Waals surface area contributed by atoms with Crippen LogP contribution < -0.4 is 0 Å². The molecule has 12 aromatic rings. The van der Waals surface area contributed by atoms with Crippen molar-refractivity contribution in [1.29, 1.82) is 0 Å². The summed E-state index contributed by atoms with van der Waals surface area (Å²) in [5, 5.41) is 4.05. The Morgan fingerprint density at radius 1 is 0.379 bits per heavy atom. The number of hydrogen-bond donors (Lipinski definition) is 0. The zero-order valence-electron chi connectivity index (χ0n) is 35.2. The van der Waals surface area contributed by atoms with Crippen molar-refractivity contribution in [1.82, 2.24) is 19.1 Å². The largest absolute Gasteiger partial charge is 0.308 e. The Bertz CT molecular complexity index is 3900. The van der Waals surface area contributed by atoms with Crippen molar-refractivity contribution >= 4 is 49.3 Å². The second-order valence-corrected chi connectivity index (χ2v) is 16.3. The maximum Gasteiger partial charge on any atom is 0.197 e. The van der Waals surface area contributed by atoms with E-state index in [9.17, 15) is 0 Å². The van der Waals surface area contributed by atoms with Crippen molar-refractivity contribution in [3.05, 3.63) is 236 Å². The first-order chi connectivity index (χ1) is 32.5. The highest BCUT2D eigenvalue weighted by Gasteiger charge is 2.25. The summed E-state index contributed by atoms with van der Waals surface area (Å²) in [7, 11) is 0. The van der Waals surface area contributed by atoms with Crippen LogP contribution in [0, 0.1) is 18.2 Å². The first-order valence-electron chi connectivity index (χ1n) is 21.6. The van der Waals surface area contributed by atoms with Gasteiger partial charge in [0.1, 0.15) is 11.6 Å². The Morgan fingerprint density at radius 3 is 1.32 bits per heavy atom. The zero-order chi connectivity index (χ0) is 44.3. The standard InChI is InChI=1S/C59H35F2N5/c1-62-52-36-58(66-54-22-11-9-18-44(54)46-26-24-40(34-56(46)66)42-28-30-64-51(32-42)38-15-6-3-7-16-38)57(35-47(52)59-48(60)19-12-20-49(59)61)65-53-21-10-8-17-43(53)45-25-23-39(33-55(45)65)41-27-29-63-50(31-41)37-13-4-2-5-14-37/h2-36H. The van der Waals surface area contributed by atoms with Crippen molar-refractivity contribution in [3.63, 3.8) is 0 Å². The van der Waals surface area contributed by atoms with Crippen LogP contribution in [0.2, 0.25) is 0 Å². The molecule has 0 unspecified atom stereocenters. The fraction of sp³-hybridized carbons (Fsp3) is 0. The van der Waals surface area contributed by atoms with Crippen LogP contribution in [0.4, 0.5) is 14.5 Å². The smallest absolute Gasteiger partial charge is 0.197 e. The fourth-order valence-electron chi connectivity index (χ4n) is 9.54. The Balaban J connectivity index is 1.17. The summed E-state index contributed by atoms with van der Waals surface area (Å²) in [6.07, 6.45) is 3.67. The van der Waals surface area contributed by atoms with Crippen molar-refractivity contribution in [2.45, 2.75) is 0 Å². The van der Waals surface area contributed by atoms with Crippen molar-refractivity contribution in [2.75, 3.05) is 0 Å².